The number of rotatable bonds is 5. The molecular weight excluding hydrogens is 359 g/mol. The third kappa shape index (κ3) is 3.26. The molecule has 0 amide bonds. The van der Waals surface area contributed by atoms with E-state index in [0.29, 0.717) is 0 Å². The van der Waals surface area contributed by atoms with Crippen LogP contribution in [-0.4, -0.2) is 36.4 Å². The first-order valence-corrected chi connectivity index (χ1v) is 6.95. The number of alkyl halides is 3. The average molecular weight is 369 g/mol. The van der Waals surface area contributed by atoms with Crippen molar-refractivity contribution in [1.29, 1.82) is 0 Å². The van der Waals surface area contributed by atoms with E-state index >= 15 is 0 Å². The van der Waals surface area contributed by atoms with Gasteiger partial charge in [0.15, 0.2) is 5.69 Å². The van der Waals surface area contributed by atoms with E-state index in [4.69, 9.17) is 5.73 Å². The molecule has 0 saturated heterocycles. The predicted molar refractivity (Wildman–Crippen MR) is 79.4 cm³/mol. The highest BCUT2D eigenvalue weighted by Crippen LogP contribution is 2.30. The molecule has 2 aromatic heterocycles. The summed E-state index contributed by atoms with van der Waals surface area (Å²) in [4.78, 5) is 11.3. The molecule has 3 aromatic rings. The van der Waals surface area contributed by atoms with Gasteiger partial charge in [0.2, 0.25) is 11.6 Å². The Balaban J connectivity index is 1.92. The van der Waals surface area contributed by atoms with Crippen molar-refractivity contribution in [2.45, 2.75) is 12.7 Å². The number of carboxylic acids is 1. The van der Waals surface area contributed by atoms with Crippen molar-refractivity contribution in [3.63, 3.8) is 0 Å². The number of carboxylic acid groups (broad SMARTS) is 1. The molecule has 10 nitrogen and oxygen atoms in total. The van der Waals surface area contributed by atoms with Gasteiger partial charge in [-0.15, -0.1) is 5.10 Å². The number of nitrogens with zero attached hydrogens (tertiary/aromatic N) is 5. The summed E-state index contributed by atoms with van der Waals surface area (Å²) in [6.45, 7) is -0.220. The van der Waals surface area contributed by atoms with E-state index in [1.165, 1.54) is 12.1 Å². The lowest BCUT2D eigenvalue weighted by molar-refractivity contribution is -0.137. The number of nitrogens with two attached hydrogens (primary N) is 1. The summed E-state index contributed by atoms with van der Waals surface area (Å²) in [7, 11) is 0. The Hall–Kier alpha value is -3.64. The Morgan fingerprint density at radius 3 is 2.73 bits per heavy atom. The zero-order valence-corrected chi connectivity index (χ0v) is 12.7. The number of aromatic nitrogens is 5. The van der Waals surface area contributed by atoms with Gasteiger partial charge in [0.1, 0.15) is 5.69 Å². The fourth-order valence-corrected chi connectivity index (χ4v) is 2.13. The minimum absolute atomic E-state index is 0.00249. The van der Waals surface area contributed by atoms with E-state index in [-0.39, 0.29) is 29.6 Å². The number of benzene rings is 1. The topological polar surface area (TPSA) is 145 Å². The number of nitrogens with one attached hydrogen (secondary N) is 1. The Morgan fingerprint density at radius 2 is 2.12 bits per heavy atom. The first-order valence-electron chi connectivity index (χ1n) is 6.95. The van der Waals surface area contributed by atoms with Crippen LogP contribution in [0.2, 0.25) is 0 Å². The second kappa shape index (κ2) is 6.34. The maximum absolute atomic E-state index is 12.8. The number of aromatic carboxylic acids is 1. The first kappa shape index (κ1) is 17.2. The lowest BCUT2D eigenvalue weighted by atomic mass is 10.2. The van der Waals surface area contributed by atoms with Crippen molar-refractivity contribution < 1.29 is 27.7 Å². The molecule has 0 unspecified atom stereocenters. The van der Waals surface area contributed by atoms with Gasteiger partial charge in [0.05, 0.1) is 12.1 Å². The van der Waals surface area contributed by atoms with Gasteiger partial charge in [-0.3, -0.25) is 0 Å². The Morgan fingerprint density at radius 1 is 1.35 bits per heavy atom. The Kier molecular flexibility index (Phi) is 4.19. The second-order valence-corrected chi connectivity index (χ2v) is 5.01. The molecule has 0 aliphatic heterocycles. The van der Waals surface area contributed by atoms with Gasteiger partial charge < -0.3 is 16.2 Å². The smallest absolute Gasteiger partial charge is 0.416 e. The molecule has 0 spiro atoms. The summed E-state index contributed by atoms with van der Waals surface area (Å²) in [5.74, 6) is -1.63. The lowest BCUT2D eigenvalue weighted by Gasteiger charge is -2.11. The van der Waals surface area contributed by atoms with Crippen molar-refractivity contribution in [2.75, 3.05) is 11.1 Å². The summed E-state index contributed by atoms with van der Waals surface area (Å²) < 4.78 is 43.7. The summed E-state index contributed by atoms with van der Waals surface area (Å²) in [5, 5.41) is 25.9. The van der Waals surface area contributed by atoms with E-state index < -0.39 is 23.4 Å². The second-order valence-electron chi connectivity index (χ2n) is 5.01. The summed E-state index contributed by atoms with van der Waals surface area (Å²) in [6.07, 6.45) is -4.51. The van der Waals surface area contributed by atoms with E-state index in [1.54, 1.807) is 0 Å². The lowest BCUT2D eigenvalue weighted by Crippen LogP contribution is -2.13. The van der Waals surface area contributed by atoms with Crippen molar-refractivity contribution in [1.82, 2.24) is 25.3 Å². The van der Waals surface area contributed by atoms with Crippen LogP contribution in [0.5, 0.6) is 0 Å². The molecule has 4 N–H and O–H groups in total. The molecule has 1 aromatic carbocycles. The summed E-state index contributed by atoms with van der Waals surface area (Å²) in [6, 6.07) is 4.43. The van der Waals surface area contributed by atoms with E-state index in [1.807, 2.05) is 0 Å². The molecular formula is C13H10F3N7O3. The number of halogens is 3. The zero-order valence-electron chi connectivity index (χ0n) is 12.7. The van der Waals surface area contributed by atoms with Crippen LogP contribution >= 0.6 is 0 Å². The predicted octanol–water partition coefficient (Wildman–Crippen LogP) is 1.56. The van der Waals surface area contributed by atoms with Crippen LogP contribution in [-0.2, 0) is 12.7 Å². The van der Waals surface area contributed by atoms with Gasteiger partial charge in [-0.1, -0.05) is 11.3 Å². The molecule has 3 rings (SSSR count). The van der Waals surface area contributed by atoms with Gasteiger partial charge in [0.25, 0.3) is 0 Å². The molecule has 2 heterocycles. The molecule has 0 atom stereocenters. The minimum atomic E-state index is -4.51. The van der Waals surface area contributed by atoms with Crippen molar-refractivity contribution in [3.05, 3.63) is 41.2 Å². The van der Waals surface area contributed by atoms with Crippen LogP contribution in [0.1, 0.15) is 21.7 Å². The van der Waals surface area contributed by atoms with Crippen LogP contribution in [0.4, 0.5) is 24.7 Å². The molecule has 0 aliphatic rings. The van der Waals surface area contributed by atoms with Crippen molar-refractivity contribution in [3.8, 4) is 5.82 Å². The highest BCUT2D eigenvalue weighted by molar-refractivity contribution is 5.86. The molecule has 13 heteroatoms. The van der Waals surface area contributed by atoms with Gasteiger partial charge >= 0.3 is 12.1 Å². The van der Waals surface area contributed by atoms with E-state index in [2.05, 4.69) is 30.6 Å². The van der Waals surface area contributed by atoms with Gasteiger partial charge in [-0.2, -0.15) is 17.9 Å². The molecule has 136 valence electrons. The largest absolute Gasteiger partial charge is 0.476 e. The van der Waals surface area contributed by atoms with Crippen LogP contribution in [0, 0.1) is 0 Å². The third-order valence-electron chi connectivity index (χ3n) is 3.31. The number of hydrogen-bond donors (Lipinski definition) is 3. The number of anilines is 2. The van der Waals surface area contributed by atoms with Crippen molar-refractivity contribution >= 4 is 17.5 Å². The molecule has 0 bridgehead atoms. The maximum atomic E-state index is 12.8. The van der Waals surface area contributed by atoms with Crippen LogP contribution in [0.3, 0.4) is 0 Å². The Bertz CT molecular complexity index is 951. The molecule has 0 aliphatic carbocycles. The van der Waals surface area contributed by atoms with Crippen LogP contribution in [0.15, 0.2) is 28.9 Å². The fourth-order valence-electron chi connectivity index (χ4n) is 2.13. The molecule has 0 saturated carbocycles. The average Bonchev–Trinajstić information content (AvgIpc) is 3.18. The van der Waals surface area contributed by atoms with Gasteiger partial charge in [-0.05, 0) is 28.5 Å². The standard InChI is InChI=1S/C13H10F3N7O3/c14-13(15,16)6-2-1-3-7(4-6)18-5-8-9(12(24)25)19-22-23(8)11-10(17)20-26-21-11/h1-4,18H,5H2,(H2,17,20)(H,24,25). The molecule has 0 radical (unpaired) electrons. The summed E-state index contributed by atoms with van der Waals surface area (Å²) >= 11 is 0. The normalized spacial score (nSPS) is 11.5. The quantitative estimate of drug-likeness (QED) is 0.610. The van der Waals surface area contributed by atoms with E-state index in [0.717, 1.165) is 16.8 Å². The molecule has 0 fully saturated rings. The number of carbonyl (C=O) groups is 1. The van der Waals surface area contributed by atoms with E-state index in [9.17, 15) is 23.1 Å². The maximum Gasteiger partial charge on any atom is 0.416 e. The summed E-state index contributed by atoms with van der Waals surface area (Å²) in [5.41, 5.74) is 4.40. The van der Waals surface area contributed by atoms with Gasteiger partial charge in [-0.25, -0.2) is 9.42 Å². The SMILES string of the molecule is Nc1nonc1-n1nnc(C(=O)O)c1CNc1cccc(C(F)(F)F)c1. The monoisotopic (exact) mass is 369 g/mol. The molecule has 26 heavy (non-hydrogen) atoms. The highest BCUT2D eigenvalue weighted by atomic mass is 19.4. The van der Waals surface area contributed by atoms with Crippen LogP contribution < -0.4 is 11.1 Å². The first-order chi connectivity index (χ1) is 12.3. The number of hydrogen-bond acceptors (Lipinski definition) is 8. The Labute approximate surface area is 142 Å². The highest BCUT2D eigenvalue weighted by Gasteiger charge is 2.30. The zero-order chi connectivity index (χ0) is 18.9. The van der Waals surface area contributed by atoms with Crippen molar-refractivity contribution in [2.24, 2.45) is 0 Å². The van der Waals surface area contributed by atoms with Gasteiger partial charge in [0, 0.05) is 5.69 Å². The fraction of sp³-hybridized carbons (Fsp3) is 0.154. The number of nitrogen functional groups attached to an aromatic ring is 1. The third-order valence-corrected chi connectivity index (χ3v) is 3.31. The van der Waals surface area contributed by atoms with Crippen LogP contribution in [0.25, 0.3) is 5.82 Å². The minimum Gasteiger partial charge on any atom is -0.476 e.